The number of allylic oxidation sites excluding steroid dienone is 1. The highest BCUT2D eigenvalue weighted by atomic mass is 14.8. The predicted octanol–water partition coefficient (Wildman–Crippen LogP) is 3.24. The maximum atomic E-state index is 3.88. The lowest BCUT2D eigenvalue weighted by molar-refractivity contribution is 0.415. The van der Waals surface area contributed by atoms with E-state index in [0.717, 1.165) is 29.1 Å². The van der Waals surface area contributed by atoms with Crippen molar-refractivity contribution in [3.63, 3.8) is 0 Å². The molecule has 4 saturated carbocycles. The molecule has 4 aliphatic rings. The van der Waals surface area contributed by atoms with Crippen LogP contribution in [0.15, 0.2) is 12.7 Å². The van der Waals surface area contributed by atoms with E-state index in [4.69, 9.17) is 0 Å². The van der Waals surface area contributed by atoms with Crippen LogP contribution in [0.2, 0.25) is 0 Å². The lowest BCUT2D eigenvalue weighted by atomic mass is 9.95. The molecule has 0 spiro atoms. The molecule has 0 nitrogen and oxygen atoms in total. The lowest BCUT2D eigenvalue weighted by Gasteiger charge is -2.10. The highest BCUT2D eigenvalue weighted by molar-refractivity contribution is 5.25. The van der Waals surface area contributed by atoms with Gasteiger partial charge in [-0.15, -0.1) is 6.58 Å². The second kappa shape index (κ2) is 1.97. The second-order valence-corrected chi connectivity index (χ2v) is 5.11. The molecule has 0 saturated heterocycles. The van der Waals surface area contributed by atoms with Gasteiger partial charge in [-0.3, -0.25) is 0 Å². The van der Waals surface area contributed by atoms with Gasteiger partial charge < -0.3 is 0 Å². The first kappa shape index (κ1) is 7.17. The summed E-state index contributed by atoms with van der Waals surface area (Å²) in [5, 5.41) is 0. The smallest absolute Gasteiger partial charge is 0.0232 e. The summed E-state index contributed by atoms with van der Waals surface area (Å²) in [6, 6.07) is 0. The molecule has 12 heavy (non-hydrogen) atoms. The van der Waals surface area contributed by atoms with Crippen LogP contribution in [0.3, 0.4) is 0 Å². The second-order valence-electron chi connectivity index (χ2n) is 5.11. The molecule has 5 unspecified atom stereocenters. The van der Waals surface area contributed by atoms with Gasteiger partial charge in [0.15, 0.2) is 0 Å². The van der Waals surface area contributed by atoms with E-state index < -0.39 is 0 Å². The van der Waals surface area contributed by atoms with E-state index in [2.05, 4.69) is 19.6 Å². The highest BCUT2D eigenvalue weighted by Gasteiger charge is 2.76. The van der Waals surface area contributed by atoms with Crippen LogP contribution >= 0.6 is 0 Å². The summed E-state index contributed by atoms with van der Waals surface area (Å²) in [7, 11) is 0. The van der Waals surface area contributed by atoms with Crippen molar-refractivity contribution < 1.29 is 0 Å². The molecule has 0 aromatic carbocycles. The zero-order valence-electron chi connectivity index (χ0n) is 7.92. The molecule has 5 atom stereocenters. The van der Waals surface area contributed by atoms with Gasteiger partial charge in [-0.05, 0) is 54.8 Å². The number of hydrogen-bond donors (Lipinski definition) is 0. The molecule has 4 fully saturated rings. The van der Waals surface area contributed by atoms with Crippen LogP contribution in [-0.2, 0) is 0 Å². The minimum absolute atomic E-state index is 0.859. The average molecular weight is 162 g/mol. The van der Waals surface area contributed by atoms with Gasteiger partial charge in [0.1, 0.15) is 0 Å². The third kappa shape index (κ3) is 0.551. The summed E-state index contributed by atoms with van der Waals surface area (Å²) in [5.74, 6) is 4.42. The van der Waals surface area contributed by atoms with Gasteiger partial charge in [-0.2, -0.15) is 0 Å². The van der Waals surface area contributed by atoms with Gasteiger partial charge in [0.2, 0.25) is 0 Å². The molecule has 66 valence electrons. The third-order valence-corrected chi connectivity index (χ3v) is 5.09. The molecule has 0 heterocycles. The summed E-state index contributed by atoms with van der Waals surface area (Å²) in [6.07, 6.45) is 8.03. The molecule has 0 amide bonds. The quantitative estimate of drug-likeness (QED) is 0.559. The summed E-state index contributed by atoms with van der Waals surface area (Å²) in [6.45, 7) is 6.27. The summed E-state index contributed by atoms with van der Waals surface area (Å²) >= 11 is 0. The molecular formula is C12H18. The first-order chi connectivity index (χ1) is 5.83. The molecule has 4 aliphatic carbocycles. The maximum absolute atomic E-state index is 3.88. The molecule has 0 aliphatic heterocycles. The van der Waals surface area contributed by atoms with Gasteiger partial charge in [-0.25, -0.2) is 0 Å². The lowest BCUT2D eigenvalue weighted by Crippen LogP contribution is -2.02. The Morgan fingerprint density at radius 2 is 2.42 bits per heavy atom. The van der Waals surface area contributed by atoms with Crippen LogP contribution in [0, 0.1) is 29.1 Å². The van der Waals surface area contributed by atoms with Crippen molar-refractivity contribution in [3.8, 4) is 0 Å². The predicted molar refractivity (Wildman–Crippen MR) is 50.7 cm³/mol. The van der Waals surface area contributed by atoms with Gasteiger partial charge >= 0.3 is 0 Å². The summed E-state index contributed by atoms with van der Waals surface area (Å²) < 4.78 is 0. The molecule has 0 N–H and O–H groups in total. The first-order valence-corrected chi connectivity index (χ1v) is 5.44. The Morgan fingerprint density at radius 3 is 2.92 bits per heavy atom. The molecule has 0 aromatic rings. The van der Waals surface area contributed by atoms with Gasteiger partial charge in [-0.1, -0.05) is 13.0 Å². The van der Waals surface area contributed by atoms with Gasteiger partial charge in [0.25, 0.3) is 0 Å². The Labute approximate surface area is 75.0 Å². The summed E-state index contributed by atoms with van der Waals surface area (Å²) in [5.41, 5.74) is 0.859. The van der Waals surface area contributed by atoms with Crippen molar-refractivity contribution in [1.29, 1.82) is 0 Å². The third-order valence-electron chi connectivity index (χ3n) is 5.09. The molecule has 0 radical (unpaired) electrons. The van der Waals surface area contributed by atoms with E-state index in [0.29, 0.717) is 0 Å². The largest absolute Gasteiger partial charge is 0.103 e. The van der Waals surface area contributed by atoms with Crippen molar-refractivity contribution in [3.05, 3.63) is 12.7 Å². The maximum Gasteiger partial charge on any atom is -0.0232 e. The highest BCUT2D eigenvalue weighted by Crippen LogP contribution is 2.83. The fraction of sp³-hybridized carbons (Fsp3) is 0.833. The van der Waals surface area contributed by atoms with Crippen molar-refractivity contribution in [1.82, 2.24) is 0 Å². The van der Waals surface area contributed by atoms with E-state index >= 15 is 0 Å². The van der Waals surface area contributed by atoms with Crippen LogP contribution in [0.1, 0.15) is 32.6 Å². The van der Waals surface area contributed by atoms with Gasteiger partial charge in [0.05, 0.1) is 0 Å². The molecular weight excluding hydrogens is 144 g/mol. The zero-order valence-corrected chi connectivity index (χ0v) is 7.92. The van der Waals surface area contributed by atoms with E-state index in [1.54, 1.807) is 12.8 Å². The average Bonchev–Trinajstić information content (AvgIpc) is 2.49. The van der Waals surface area contributed by atoms with Crippen LogP contribution in [0.25, 0.3) is 0 Å². The number of rotatable bonds is 3. The summed E-state index contributed by atoms with van der Waals surface area (Å²) in [4.78, 5) is 0. The fourth-order valence-corrected chi connectivity index (χ4v) is 4.70. The van der Waals surface area contributed by atoms with Crippen LogP contribution in [0.5, 0.6) is 0 Å². The van der Waals surface area contributed by atoms with Crippen molar-refractivity contribution in [2.24, 2.45) is 29.1 Å². The fourth-order valence-electron chi connectivity index (χ4n) is 4.70. The first-order valence-electron chi connectivity index (χ1n) is 5.44. The van der Waals surface area contributed by atoms with E-state index in [-0.39, 0.29) is 0 Å². The monoisotopic (exact) mass is 162 g/mol. The minimum Gasteiger partial charge on any atom is -0.103 e. The van der Waals surface area contributed by atoms with Gasteiger partial charge in [0, 0.05) is 0 Å². The Kier molecular flexibility index (Phi) is 1.18. The van der Waals surface area contributed by atoms with Crippen LogP contribution in [-0.4, -0.2) is 0 Å². The molecule has 4 rings (SSSR count). The minimum atomic E-state index is 0.859. The zero-order chi connectivity index (χ0) is 8.34. The van der Waals surface area contributed by atoms with E-state index in [1.807, 2.05) is 0 Å². The van der Waals surface area contributed by atoms with E-state index in [1.165, 1.54) is 12.8 Å². The SMILES string of the molecule is C=CCC1C2CC3C1C3(CC)C2. The van der Waals surface area contributed by atoms with Crippen molar-refractivity contribution in [2.45, 2.75) is 32.6 Å². The van der Waals surface area contributed by atoms with Crippen molar-refractivity contribution in [2.75, 3.05) is 0 Å². The Bertz CT molecular complexity index is 230. The standard InChI is InChI=1S/C12H18/c1-3-5-9-8-6-10-11(9)12(10,4-2)7-8/h3,8-11H,1,4-7H2,2H3. The molecule has 0 heteroatoms. The van der Waals surface area contributed by atoms with E-state index in [9.17, 15) is 0 Å². The number of hydrogen-bond acceptors (Lipinski definition) is 0. The topological polar surface area (TPSA) is 0 Å². The normalized spacial score (nSPS) is 59.1. The Hall–Kier alpha value is -0.260. The van der Waals surface area contributed by atoms with Crippen molar-refractivity contribution >= 4 is 0 Å². The molecule has 4 bridgehead atoms. The van der Waals surface area contributed by atoms with Crippen LogP contribution < -0.4 is 0 Å². The molecule has 0 aromatic heterocycles. The Morgan fingerprint density at radius 1 is 1.58 bits per heavy atom. The van der Waals surface area contributed by atoms with Crippen LogP contribution in [0.4, 0.5) is 0 Å². The Balaban J connectivity index is 1.85.